The van der Waals surface area contributed by atoms with Gasteiger partial charge in [-0.15, -0.1) is 0 Å². The minimum Gasteiger partial charge on any atom is -0.388 e. The molecule has 1 unspecified atom stereocenters. The highest BCUT2D eigenvalue weighted by atomic mass is 19.1. The molecule has 9 nitrogen and oxygen atoms in total. The summed E-state index contributed by atoms with van der Waals surface area (Å²) < 4.78 is 19.3. The number of aromatic amines is 1. The second-order valence-electron chi connectivity index (χ2n) is 4.73. The van der Waals surface area contributed by atoms with Crippen LogP contribution in [0.1, 0.15) is 13.2 Å². The summed E-state index contributed by atoms with van der Waals surface area (Å²) in [5, 5.41) is 19.5. The molecule has 2 aromatic rings. The SMILES string of the molecule is C[C@H]1O[C@@H](n2cc3nc(F)c(=O)[nH]c3nc2=O)[C@@H](O)C1O. The number of ether oxygens (including phenoxy) is 1. The van der Waals surface area contributed by atoms with Crippen molar-refractivity contribution in [1.29, 1.82) is 0 Å². The molecule has 3 N–H and O–H groups in total. The van der Waals surface area contributed by atoms with Crippen LogP contribution in [0.15, 0.2) is 15.8 Å². The fraction of sp³-hybridized carbons (Fsp3) is 0.455. The zero-order valence-corrected chi connectivity index (χ0v) is 10.7. The summed E-state index contributed by atoms with van der Waals surface area (Å²) in [7, 11) is 0. The number of aliphatic hydroxyl groups excluding tert-OH is 2. The molecule has 2 aromatic heterocycles. The topological polar surface area (TPSA) is 130 Å². The third kappa shape index (κ3) is 2.13. The number of nitrogens with zero attached hydrogens (tertiary/aromatic N) is 3. The Hall–Kier alpha value is -2.17. The van der Waals surface area contributed by atoms with E-state index in [0.29, 0.717) is 0 Å². The second-order valence-corrected chi connectivity index (χ2v) is 4.73. The molecular weight excluding hydrogens is 287 g/mol. The van der Waals surface area contributed by atoms with Crippen molar-refractivity contribution in [3.8, 4) is 0 Å². The number of hydrogen-bond donors (Lipinski definition) is 3. The van der Waals surface area contributed by atoms with Gasteiger partial charge in [-0.25, -0.2) is 9.78 Å². The Bertz CT molecular complexity index is 818. The van der Waals surface area contributed by atoms with E-state index in [4.69, 9.17) is 4.74 Å². The van der Waals surface area contributed by atoms with E-state index in [1.165, 1.54) is 6.92 Å². The zero-order chi connectivity index (χ0) is 15.3. The van der Waals surface area contributed by atoms with Gasteiger partial charge < -0.3 is 19.9 Å². The van der Waals surface area contributed by atoms with Gasteiger partial charge in [-0.2, -0.15) is 9.37 Å². The highest BCUT2D eigenvalue weighted by Crippen LogP contribution is 2.28. The van der Waals surface area contributed by atoms with Gasteiger partial charge in [-0.1, -0.05) is 0 Å². The average Bonchev–Trinajstić information content (AvgIpc) is 2.68. The van der Waals surface area contributed by atoms with Crippen molar-refractivity contribution in [2.75, 3.05) is 0 Å². The lowest BCUT2D eigenvalue weighted by atomic mass is 10.1. The first-order chi connectivity index (χ1) is 9.88. The van der Waals surface area contributed by atoms with Crippen molar-refractivity contribution in [1.82, 2.24) is 19.5 Å². The molecule has 1 aliphatic rings. The number of halogens is 1. The first-order valence-corrected chi connectivity index (χ1v) is 6.09. The van der Waals surface area contributed by atoms with Crippen LogP contribution in [0, 0.1) is 5.95 Å². The molecule has 0 bridgehead atoms. The van der Waals surface area contributed by atoms with E-state index in [1.807, 2.05) is 0 Å². The predicted molar refractivity (Wildman–Crippen MR) is 66.0 cm³/mol. The second kappa shape index (κ2) is 4.69. The standard InChI is InChI=1S/C11H11FN4O5/c1-3-5(17)6(18)10(21-3)16-2-4-8(15-11(16)20)14-9(19)7(12)13-4/h2-3,5-6,10,17-18H,1H3,(H,14,15,19,20)/t3-,5?,6+,10-/m1/s1. The van der Waals surface area contributed by atoms with Crippen molar-refractivity contribution in [2.45, 2.75) is 31.5 Å². The Kier molecular flexibility index (Phi) is 3.08. The molecule has 10 heteroatoms. The fourth-order valence-electron chi connectivity index (χ4n) is 2.19. The Morgan fingerprint density at radius 1 is 1.33 bits per heavy atom. The lowest BCUT2D eigenvalue weighted by Crippen LogP contribution is -2.35. The lowest BCUT2D eigenvalue weighted by molar-refractivity contribution is -0.0347. The molecule has 0 saturated carbocycles. The van der Waals surface area contributed by atoms with Crippen molar-refractivity contribution in [2.24, 2.45) is 0 Å². The number of H-pyrrole nitrogens is 1. The first kappa shape index (κ1) is 13.8. The van der Waals surface area contributed by atoms with Gasteiger partial charge >= 0.3 is 11.2 Å². The Balaban J connectivity index is 2.16. The zero-order valence-electron chi connectivity index (χ0n) is 10.7. The van der Waals surface area contributed by atoms with Gasteiger partial charge in [0.1, 0.15) is 17.7 Å². The number of aliphatic hydroxyl groups is 2. The van der Waals surface area contributed by atoms with Gasteiger partial charge in [0.05, 0.1) is 6.10 Å². The van der Waals surface area contributed by atoms with E-state index >= 15 is 0 Å². The van der Waals surface area contributed by atoms with Crippen molar-refractivity contribution in [3.05, 3.63) is 33.0 Å². The van der Waals surface area contributed by atoms with Gasteiger partial charge in [0.25, 0.3) is 5.95 Å². The van der Waals surface area contributed by atoms with E-state index in [2.05, 4.69) is 15.0 Å². The van der Waals surface area contributed by atoms with Crippen molar-refractivity contribution in [3.63, 3.8) is 0 Å². The summed E-state index contributed by atoms with van der Waals surface area (Å²) in [5.41, 5.74) is -2.19. The van der Waals surface area contributed by atoms with Crippen molar-refractivity contribution < 1.29 is 19.3 Å². The van der Waals surface area contributed by atoms with Crippen LogP contribution in [0.5, 0.6) is 0 Å². The Morgan fingerprint density at radius 3 is 2.67 bits per heavy atom. The van der Waals surface area contributed by atoms with Crippen molar-refractivity contribution >= 4 is 11.2 Å². The summed E-state index contributed by atoms with van der Waals surface area (Å²) in [6, 6.07) is 0. The summed E-state index contributed by atoms with van der Waals surface area (Å²) >= 11 is 0. The predicted octanol–water partition coefficient (Wildman–Crippen LogP) is -1.74. The van der Waals surface area contributed by atoms with Crippen LogP contribution in [-0.2, 0) is 4.74 Å². The van der Waals surface area contributed by atoms with Gasteiger partial charge in [-0.05, 0) is 6.92 Å². The maximum atomic E-state index is 13.2. The highest BCUT2D eigenvalue weighted by Gasteiger charge is 2.41. The van der Waals surface area contributed by atoms with Crippen LogP contribution in [0.4, 0.5) is 4.39 Å². The number of rotatable bonds is 1. The molecule has 0 spiro atoms. The monoisotopic (exact) mass is 298 g/mol. The van der Waals surface area contributed by atoms with E-state index in [0.717, 1.165) is 10.8 Å². The molecule has 112 valence electrons. The van der Waals surface area contributed by atoms with E-state index in [9.17, 15) is 24.2 Å². The molecule has 0 radical (unpaired) electrons. The molecule has 1 saturated heterocycles. The van der Waals surface area contributed by atoms with Gasteiger partial charge in [0.15, 0.2) is 11.9 Å². The average molecular weight is 298 g/mol. The highest BCUT2D eigenvalue weighted by molar-refractivity contribution is 5.67. The van der Waals surface area contributed by atoms with Crippen LogP contribution in [-0.4, -0.2) is 48.0 Å². The first-order valence-electron chi connectivity index (χ1n) is 6.09. The van der Waals surface area contributed by atoms with E-state index in [-0.39, 0.29) is 11.2 Å². The van der Waals surface area contributed by atoms with Gasteiger partial charge in [0, 0.05) is 6.20 Å². The van der Waals surface area contributed by atoms with Crippen LogP contribution < -0.4 is 11.2 Å². The molecule has 0 amide bonds. The number of fused-ring (bicyclic) bond motifs is 1. The molecular formula is C11H11FN4O5. The van der Waals surface area contributed by atoms with Crippen LogP contribution in [0.25, 0.3) is 11.2 Å². The minimum absolute atomic E-state index is 0.0865. The molecule has 21 heavy (non-hydrogen) atoms. The summed E-state index contributed by atoms with van der Waals surface area (Å²) in [5.74, 6) is -1.27. The summed E-state index contributed by atoms with van der Waals surface area (Å²) in [6.07, 6.45) is -3.27. The molecule has 1 aliphatic heterocycles. The normalized spacial score (nSPS) is 29.1. The molecule has 3 rings (SSSR count). The number of hydrogen-bond acceptors (Lipinski definition) is 7. The number of nitrogens with one attached hydrogen (secondary N) is 1. The Morgan fingerprint density at radius 2 is 2.05 bits per heavy atom. The lowest BCUT2D eigenvalue weighted by Gasteiger charge is -2.17. The summed E-state index contributed by atoms with van der Waals surface area (Å²) in [6.45, 7) is 1.53. The smallest absolute Gasteiger partial charge is 0.351 e. The van der Waals surface area contributed by atoms with Crippen LogP contribution >= 0.6 is 0 Å². The van der Waals surface area contributed by atoms with Crippen LogP contribution in [0.2, 0.25) is 0 Å². The largest absolute Gasteiger partial charge is 0.388 e. The van der Waals surface area contributed by atoms with Crippen LogP contribution in [0.3, 0.4) is 0 Å². The minimum atomic E-state index is -1.34. The maximum absolute atomic E-state index is 13.2. The Labute approximate surface area is 115 Å². The van der Waals surface area contributed by atoms with E-state index in [1.54, 1.807) is 0 Å². The molecule has 4 atom stereocenters. The third-order valence-electron chi connectivity index (χ3n) is 3.32. The molecule has 0 aliphatic carbocycles. The number of aromatic nitrogens is 4. The maximum Gasteiger partial charge on any atom is 0.351 e. The summed E-state index contributed by atoms with van der Waals surface area (Å²) in [4.78, 5) is 32.0. The van der Waals surface area contributed by atoms with Gasteiger partial charge in [0.2, 0.25) is 0 Å². The molecule has 3 heterocycles. The quantitative estimate of drug-likeness (QED) is 0.569. The molecule has 0 aromatic carbocycles. The molecule has 1 fully saturated rings. The fourth-order valence-corrected chi connectivity index (χ4v) is 2.19. The third-order valence-corrected chi connectivity index (χ3v) is 3.32. The van der Waals surface area contributed by atoms with Gasteiger partial charge in [-0.3, -0.25) is 9.36 Å². The van der Waals surface area contributed by atoms with E-state index < -0.39 is 41.7 Å².